The smallest absolute Gasteiger partial charge is 0.149 e. The molecule has 0 saturated carbocycles. The minimum Gasteiger partial charge on any atom is -0.264 e. The second-order valence-corrected chi connectivity index (χ2v) is 3.25. The van der Waals surface area contributed by atoms with Crippen molar-refractivity contribution < 1.29 is 4.21 Å². The van der Waals surface area contributed by atoms with Crippen molar-refractivity contribution >= 4 is 26.9 Å². The molecule has 0 bridgehead atoms. The standard InChI is InChI=1S/C7H8ClNOS/c1-3-5-7(11(8)10)6-9-4-2/h3-6H,1-2H2/b7-5+,9-6?. The highest BCUT2D eigenvalue weighted by atomic mass is 35.7. The average molecular weight is 190 g/mol. The molecular formula is C7H8ClNOS. The van der Waals surface area contributed by atoms with Gasteiger partial charge in [0.2, 0.25) is 0 Å². The van der Waals surface area contributed by atoms with Gasteiger partial charge < -0.3 is 0 Å². The molecule has 0 radical (unpaired) electrons. The second-order valence-electron chi connectivity index (χ2n) is 1.49. The molecule has 0 amide bonds. The topological polar surface area (TPSA) is 29.4 Å². The van der Waals surface area contributed by atoms with Gasteiger partial charge in [-0.25, -0.2) is 4.21 Å². The van der Waals surface area contributed by atoms with E-state index in [2.05, 4.69) is 18.2 Å². The minimum atomic E-state index is -1.54. The van der Waals surface area contributed by atoms with Crippen LogP contribution in [0.2, 0.25) is 0 Å². The Bertz CT molecular complexity index is 233. The number of nitrogens with zero attached hydrogens (tertiary/aromatic N) is 1. The Morgan fingerprint density at radius 1 is 1.55 bits per heavy atom. The Morgan fingerprint density at radius 2 is 2.18 bits per heavy atom. The third-order valence-electron chi connectivity index (χ3n) is 0.775. The first-order valence-corrected chi connectivity index (χ1v) is 4.74. The highest BCUT2D eigenvalue weighted by Gasteiger charge is 1.97. The minimum absolute atomic E-state index is 0.404. The second kappa shape index (κ2) is 6.07. The van der Waals surface area contributed by atoms with E-state index < -0.39 is 10.0 Å². The van der Waals surface area contributed by atoms with Crippen LogP contribution in [0.5, 0.6) is 0 Å². The Labute approximate surface area is 72.9 Å². The molecule has 2 nitrogen and oxygen atoms in total. The lowest BCUT2D eigenvalue weighted by atomic mass is 10.5. The van der Waals surface area contributed by atoms with Gasteiger partial charge in [0.1, 0.15) is 10.0 Å². The predicted molar refractivity (Wildman–Crippen MR) is 51.0 cm³/mol. The number of rotatable bonds is 4. The highest BCUT2D eigenvalue weighted by Crippen LogP contribution is 2.03. The van der Waals surface area contributed by atoms with Crippen molar-refractivity contribution in [3.05, 3.63) is 36.4 Å². The van der Waals surface area contributed by atoms with Gasteiger partial charge in [-0.15, -0.1) is 0 Å². The zero-order chi connectivity index (χ0) is 8.69. The van der Waals surface area contributed by atoms with Crippen molar-refractivity contribution in [3.63, 3.8) is 0 Å². The van der Waals surface area contributed by atoms with Gasteiger partial charge in [0.05, 0.1) is 4.91 Å². The molecule has 0 aromatic rings. The van der Waals surface area contributed by atoms with Crippen molar-refractivity contribution in [1.29, 1.82) is 0 Å². The molecular weight excluding hydrogens is 182 g/mol. The fraction of sp³-hybridized carbons (Fsp3) is 0. The molecule has 0 aromatic carbocycles. The molecule has 1 atom stereocenters. The number of hydrogen-bond acceptors (Lipinski definition) is 2. The first-order valence-electron chi connectivity index (χ1n) is 2.77. The summed E-state index contributed by atoms with van der Waals surface area (Å²) in [6.07, 6.45) is 5.72. The SMILES string of the molecule is C=C/C=C(\C=NC=C)S(=O)Cl. The van der Waals surface area contributed by atoms with Crippen molar-refractivity contribution in [1.82, 2.24) is 0 Å². The van der Waals surface area contributed by atoms with Crippen LogP contribution in [0.15, 0.2) is 41.4 Å². The summed E-state index contributed by atoms with van der Waals surface area (Å²) in [4.78, 5) is 4.06. The van der Waals surface area contributed by atoms with E-state index in [1.807, 2.05) is 0 Å². The summed E-state index contributed by atoms with van der Waals surface area (Å²) in [6, 6.07) is 0. The Hall–Kier alpha value is -0.670. The highest BCUT2D eigenvalue weighted by molar-refractivity contribution is 8.12. The van der Waals surface area contributed by atoms with Gasteiger partial charge in [0.15, 0.2) is 0 Å². The van der Waals surface area contributed by atoms with Crippen LogP contribution in [0.25, 0.3) is 0 Å². The normalized spacial score (nSPS) is 14.8. The zero-order valence-corrected chi connectivity index (χ0v) is 7.44. The van der Waals surface area contributed by atoms with E-state index in [0.717, 1.165) is 0 Å². The molecule has 0 heterocycles. The van der Waals surface area contributed by atoms with Crippen LogP contribution in [-0.2, 0) is 10.0 Å². The molecule has 0 rings (SSSR count). The first kappa shape index (κ1) is 10.3. The maximum absolute atomic E-state index is 10.7. The van der Waals surface area contributed by atoms with Crippen molar-refractivity contribution in [2.75, 3.05) is 0 Å². The van der Waals surface area contributed by atoms with E-state index in [-0.39, 0.29) is 0 Å². The van der Waals surface area contributed by atoms with Crippen molar-refractivity contribution in [2.24, 2.45) is 4.99 Å². The number of hydrogen-bond donors (Lipinski definition) is 0. The first-order chi connectivity index (χ1) is 5.22. The summed E-state index contributed by atoms with van der Waals surface area (Å²) in [5.74, 6) is 0. The van der Waals surface area contributed by atoms with Crippen LogP contribution < -0.4 is 0 Å². The Kier molecular flexibility index (Phi) is 5.70. The van der Waals surface area contributed by atoms with Gasteiger partial charge in [-0.1, -0.05) is 19.2 Å². The van der Waals surface area contributed by atoms with E-state index >= 15 is 0 Å². The zero-order valence-electron chi connectivity index (χ0n) is 5.87. The fourth-order valence-corrected chi connectivity index (χ4v) is 1.00. The number of aliphatic imine (C=N–C) groups is 1. The summed E-state index contributed by atoms with van der Waals surface area (Å²) in [6.45, 7) is 6.79. The maximum Gasteiger partial charge on any atom is 0.149 e. The van der Waals surface area contributed by atoms with Crippen molar-refractivity contribution in [2.45, 2.75) is 0 Å². The molecule has 11 heavy (non-hydrogen) atoms. The summed E-state index contributed by atoms with van der Waals surface area (Å²) >= 11 is 0. The predicted octanol–water partition coefficient (Wildman–Crippen LogP) is 2.17. The van der Waals surface area contributed by atoms with Crippen LogP contribution in [-0.4, -0.2) is 10.4 Å². The van der Waals surface area contributed by atoms with Gasteiger partial charge in [-0.05, 0) is 16.8 Å². The molecule has 0 aromatic heterocycles. The molecule has 1 unspecified atom stereocenters. The van der Waals surface area contributed by atoms with Crippen LogP contribution >= 0.6 is 10.7 Å². The van der Waals surface area contributed by atoms with E-state index in [0.29, 0.717) is 4.91 Å². The summed E-state index contributed by atoms with van der Waals surface area (Å²) < 4.78 is 10.7. The van der Waals surface area contributed by atoms with E-state index in [1.165, 1.54) is 24.6 Å². The monoisotopic (exact) mass is 189 g/mol. The molecule has 0 N–H and O–H groups in total. The quantitative estimate of drug-likeness (QED) is 0.379. The number of halogens is 1. The Balaban J connectivity index is 4.47. The van der Waals surface area contributed by atoms with Gasteiger partial charge in [0.25, 0.3) is 0 Å². The van der Waals surface area contributed by atoms with E-state index in [4.69, 9.17) is 10.7 Å². The third kappa shape index (κ3) is 4.70. The van der Waals surface area contributed by atoms with Gasteiger partial charge in [-0.3, -0.25) is 4.99 Å². The van der Waals surface area contributed by atoms with E-state index in [9.17, 15) is 4.21 Å². The molecule has 0 aliphatic rings. The van der Waals surface area contributed by atoms with Crippen LogP contribution in [0.4, 0.5) is 0 Å². The molecule has 60 valence electrons. The molecule has 0 saturated heterocycles. The fourth-order valence-electron chi connectivity index (χ4n) is 0.380. The summed E-state index contributed by atoms with van der Waals surface area (Å²) in [7, 11) is 3.75. The van der Waals surface area contributed by atoms with Gasteiger partial charge in [0, 0.05) is 12.4 Å². The third-order valence-corrected chi connectivity index (χ3v) is 1.92. The lowest BCUT2D eigenvalue weighted by molar-refractivity contribution is 0.695. The van der Waals surface area contributed by atoms with Crippen molar-refractivity contribution in [3.8, 4) is 0 Å². The van der Waals surface area contributed by atoms with Crippen LogP contribution in [0.1, 0.15) is 0 Å². The molecule has 4 heteroatoms. The number of allylic oxidation sites excluding steroid dienone is 3. The molecule has 0 spiro atoms. The summed E-state index contributed by atoms with van der Waals surface area (Å²) in [5.41, 5.74) is 0. The maximum atomic E-state index is 10.7. The van der Waals surface area contributed by atoms with Gasteiger partial charge in [-0.2, -0.15) is 0 Å². The molecule has 0 aliphatic heterocycles. The van der Waals surface area contributed by atoms with Crippen LogP contribution in [0, 0.1) is 0 Å². The lowest BCUT2D eigenvalue weighted by Crippen LogP contribution is -1.86. The van der Waals surface area contributed by atoms with E-state index in [1.54, 1.807) is 0 Å². The molecule has 0 aliphatic carbocycles. The molecule has 0 fully saturated rings. The summed E-state index contributed by atoms with van der Waals surface area (Å²) in [5, 5.41) is 0. The average Bonchev–Trinajstić information content (AvgIpc) is 1.97. The van der Waals surface area contributed by atoms with Gasteiger partial charge >= 0.3 is 0 Å². The van der Waals surface area contributed by atoms with Crippen LogP contribution in [0.3, 0.4) is 0 Å². The lowest BCUT2D eigenvalue weighted by Gasteiger charge is -1.88. The Morgan fingerprint density at radius 3 is 2.55 bits per heavy atom. The largest absolute Gasteiger partial charge is 0.264 e.